The standard InChI is InChI=1S/C12H18N6/c1-3-18-12(14-8-15-18)7-11(17-13)10-6-4-5-9(2)16-10/h4-6,8,11,17H,3,7,13H2,1-2H3. The lowest BCUT2D eigenvalue weighted by Crippen LogP contribution is -2.31. The Kier molecular flexibility index (Phi) is 4.01. The van der Waals surface area contributed by atoms with Crippen LogP contribution in [0.2, 0.25) is 0 Å². The zero-order chi connectivity index (χ0) is 13.0. The van der Waals surface area contributed by atoms with E-state index in [9.17, 15) is 0 Å². The Morgan fingerprint density at radius 3 is 2.94 bits per heavy atom. The lowest BCUT2D eigenvalue weighted by Gasteiger charge is -2.15. The van der Waals surface area contributed by atoms with E-state index in [4.69, 9.17) is 5.84 Å². The molecule has 1 unspecified atom stereocenters. The Balaban J connectivity index is 2.20. The average Bonchev–Trinajstić information content (AvgIpc) is 2.83. The molecule has 0 bridgehead atoms. The first kappa shape index (κ1) is 12.7. The summed E-state index contributed by atoms with van der Waals surface area (Å²) in [5.74, 6) is 6.52. The highest BCUT2D eigenvalue weighted by atomic mass is 15.3. The van der Waals surface area contributed by atoms with Gasteiger partial charge < -0.3 is 0 Å². The first-order valence-electron chi connectivity index (χ1n) is 6.01. The van der Waals surface area contributed by atoms with Crippen LogP contribution >= 0.6 is 0 Å². The third-order valence-electron chi connectivity index (χ3n) is 2.85. The minimum Gasteiger partial charge on any atom is -0.271 e. The fourth-order valence-corrected chi connectivity index (χ4v) is 1.90. The fourth-order valence-electron chi connectivity index (χ4n) is 1.90. The van der Waals surface area contributed by atoms with Crippen molar-refractivity contribution in [1.82, 2.24) is 25.2 Å². The van der Waals surface area contributed by atoms with Crippen molar-refractivity contribution in [3.05, 3.63) is 41.7 Å². The molecule has 2 aromatic rings. The lowest BCUT2D eigenvalue weighted by atomic mass is 10.1. The highest BCUT2D eigenvalue weighted by Crippen LogP contribution is 2.14. The van der Waals surface area contributed by atoms with Gasteiger partial charge in [-0.1, -0.05) is 6.07 Å². The Morgan fingerprint density at radius 2 is 2.28 bits per heavy atom. The minimum absolute atomic E-state index is 0.0561. The molecule has 0 saturated heterocycles. The number of pyridine rings is 1. The molecule has 0 aliphatic carbocycles. The summed E-state index contributed by atoms with van der Waals surface area (Å²) in [6.07, 6.45) is 2.23. The van der Waals surface area contributed by atoms with Gasteiger partial charge in [0.1, 0.15) is 12.2 Å². The van der Waals surface area contributed by atoms with E-state index in [2.05, 4.69) is 20.5 Å². The van der Waals surface area contributed by atoms with Gasteiger partial charge in [0.2, 0.25) is 0 Å². The van der Waals surface area contributed by atoms with Gasteiger partial charge in [-0.25, -0.2) is 4.98 Å². The molecule has 2 aromatic heterocycles. The molecule has 6 nitrogen and oxygen atoms in total. The molecule has 0 fully saturated rings. The van der Waals surface area contributed by atoms with Crippen molar-refractivity contribution in [2.75, 3.05) is 0 Å². The first-order chi connectivity index (χ1) is 8.74. The van der Waals surface area contributed by atoms with Crippen LogP contribution in [0.5, 0.6) is 0 Å². The van der Waals surface area contributed by atoms with Crippen molar-refractivity contribution in [1.29, 1.82) is 0 Å². The van der Waals surface area contributed by atoms with Crippen molar-refractivity contribution in [2.24, 2.45) is 5.84 Å². The van der Waals surface area contributed by atoms with E-state index in [0.29, 0.717) is 6.42 Å². The molecule has 1 atom stereocenters. The van der Waals surface area contributed by atoms with Gasteiger partial charge in [-0.05, 0) is 26.0 Å². The van der Waals surface area contributed by atoms with Crippen molar-refractivity contribution in [2.45, 2.75) is 32.9 Å². The van der Waals surface area contributed by atoms with Crippen LogP contribution < -0.4 is 11.3 Å². The molecular formula is C12H18N6. The Morgan fingerprint density at radius 1 is 1.44 bits per heavy atom. The molecule has 0 amide bonds. The molecule has 0 aliphatic heterocycles. The third-order valence-corrected chi connectivity index (χ3v) is 2.85. The molecule has 0 aromatic carbocycles. The topological polar surface area (TPSA) is 81.7 Å². The maximum absolute atomic E-state index is 5.62. The van der Waals surface area contributed by atoms with Crippen LogP contribution in [0.4, 0.5) is 0 Å². The van der Waals surface area contributed by atoms with E-state index in [1.54, 1.807) is 6.33 Å². The summed E-state index contributed by atoms with van der Waals surface area (Å²) < 4.78 is 1.86. The van der Waals surface area contributed by atoms with Gasteiger partial charge in [-0.15, -0.1) is 0 Å². The summed E-state index contributed by atoms with van der Waals surface area (Å²) in [6, 6.07) is 5.85. The van der Waals surface area contributed by atoms with Gasteiger partial charge in [-0.3, -0.25) is 20.9 Å². The summed E-state index contributed by atoms with van der Waals surface area (Å²) >= 11 is 0. The van der Waals surface area contributed by atoms with E-state index in [1.165, 1.54) is 0 Å². The second-order valence-electron chi connectivity index (χ2n) is 4.12. The minimum atomic E-state index is -0.0561. The number of nitrogens with zero attached hydrogens (tertiary/aromatic N) is 4. The summed E-state index contributed by atoms with van der Waals surface area (Å²) in [6.45, 7) is 4.80. The van der Waals surface area contributed by atoms with Crippen LogP contribution in [0.15, 0.2) is 24.5 Å². The molecular weight excluding hydrogens is 228 g/mol. The molecule has 0 saturated carbocycles. The summed E-state index contributed by atoms with van der Waals surface area (Å²) in [5.41, 5.74) is 4.69. The summed E-state index contributed by atoms with van der Waals surface area (Å²) in [4.78, 5) is 8.73. The largest absolute Gasteiger partial charge is 0.271 e. The molecule has 2 rings (SSSR count). The number of hydrazine groups is 1. The number of rotatable bonds is 5. The van der Waals surface area contributed by atoms with Crippen molar-refractivity contribution < 1.29 is 0 Å². The van der Waals surface area contributed by atoms with E-state index < -0.39 is 0 Å². The molecule has 0 spiro atoms. The van der Waals surface area contributed by atoms with Crippen LogP contribution in [-0.4, -0.2) is 19.7 Å². The van der Waals surface area contributed by atoms with Gasteiger partial charge in [0.25, 0.3) is 0 Å². The number of nitrogens with two attached hydrogens (primary N) is 1. The Labute approximate surface area is 106 Å². The molecule has 0 radical (unpaired) electrons. The van der Waals surface area contributed by atoms with Crippen molar-refractivity contribution in [3.63, 3.8) is 0 Å². The van der Waals surface area contributed by atoms with E-state index in [0.717, 1.165) is 23.8 Å². The lowest BCUT2D eigenvalue weighted by molar-refractivity contribution is 0.500. The molecule has 96 valence electrons. The Hall–Kier alpha value is -1.79. The van der Waals surface area contributed by atoms with E-state index in [-0.39, 0.29) is 6.04 Å². The van der Waals surface area contributed by atoms with Gasteiger partial charge in [-0.2, -0.15) is 5.10 Å². The number of nitrogens with one attached hydrogen (secondary N) is 1. The zero-order valence-electron chi connectivity index (χ0n) is 10.7. The average molecular weight is 246 g/mol. The van der Waals surface area contributed by atoms with Crippen LogP contribution in [0.1, 0.15) is 30.2 Å². The van der Waals surface area contributed by atoms with E-state index >= 15 is 0 Å². The maximum atomic E-state index is 5.62. The van der Waals surface area contributed by atoms with Gasteiger partial charge >= 0.3 is 0 Å². The molecule has 18 heavy (non-hydrogen) atoms. The molecule has 3 N–H and O–H groups in total. The third kappa shape index (κ3) is 2.72. The van der Waals surface area contributed by atoms with Crippen LogP contribution in [0.3, 0.4) is 0 Å². The fraction of sp³-hybridized carbons (Fsp3) is 0.417. The SMILES string of the molecule is CCn1ncnc1CC(NN)c1cccc(C)n1. The smallest absolute Gasteiger partial charge is 0.138 e. The molecule has 2 heterocycles. The first-order valence-corrected chi connectivity index (χ1v) is 6.01. The normalized spacial score (nSPS) is 12.6. The second-order valence-corrected chi connectivity index (χ2v) is 4.12. The zero-order valence-corrected chi connectivity index (χ0v) is 10.7. The summed E-state index contributed by atoms with van der Waals surface area (Å²) in [7, 11) is 0. The van der Waals surface area contributed by atoms with Gasteiger partial charge in [0.15, 0.2) is 0 Å². The number of hydrogen-bond acceptors (Lipinski definition) is 5. The van der Waals surface area contributed by atoms with Crippen LogP contribution in [-0.2, 0) is 13.0 Å². The highest BCUT2D eigenvalue weighted by molar-refractivity contribution is 5.14. The highest BCUT2D eigenvalue weighted by Gasteiger charge is 2.15. The Bertz CT molecular complexity index is 507. The predicted molar refractivity (Wildman–Crippen MR) is 68.4 cm³/mol. The van der Waals surface area contributed by atoms with Crippen LogP contribution in [0, 0.1) is 6.92 Å². The van der Waals surface area contributed by atoms with Gasteiger partial charge in [0, 0.05) is 18.7 Å². The second kappa shape index (κ2) is 5.70. The maximum Gasteiger partial charge on any atom is 0.138 e. The van der Waals surface area contributed by atoms with Crippen LogP contribution in [0.25, 0.3) is 0 Å². The summed E-state index contributed by atoms with van der Waals surface area (Å²) in [5, 5.41) is 4.15. The predicted octanol–water partition coefficient (Wildman–Crippen LogP) is 0.749. The number of aryl methyl sites for hydroxylation is 2. The number of aromatic nitrogens is 4. The van der Waals surface area contributed by atoms with Gasteiger partial charge in [0.05, 0.1) is 11.7 Å². The quantitative estimate of drug-likeness (QED) is 0.601. The van der Waals surface area contributed by atoms with E-state index in [1.807, 2.05) is 36.7 Å². The van der Waals surface area contributed by atoms with Crippen molar-refractivity contribution in [3.8, 4) is 0 Å². The monoisotopic (exact) mass is 246 g/mol. The number of hydrogen-bond donors (Lipinski definition) is 2. The van der Waals surface area contributed by atoms with Crippen molar-refractivity contribution >= 4 is 0 Å². The molecule has 0 aliphatic rings. The molecule has 6 heteroatoms.